The zero-order valence-corrected chi connectivity index (χ0v) is 14.0. The lowest BCUT2D eigenvalue weighted by atomic mass is 9.76. The average molecular weight is 321 g/mol. The summed E-state index contributed by atoms with van der Waals surface area (Å²) in [5.41, 5.74) is 0.109. The van der Waals surface area contributed by atoms with Gasteiger partial charge in [0.25, 0.3) is 0 Å². The number of amides is 2. The molecule has 0 aliphatic carbocycles. The molecule has 1 aliphatic heterocycles. The van der Waals surface area contributed by atoms with E-state index in [0.717, 1.165) is 44.7 Å². The quantitative estimate of drug-likeness (QED) is 0.752. The fraction of sp³-hybridized carbons (Fsp3) is 0.688. The second kappa shape index (κ2) is 8.10. The third kappa shape index (κ3) is 4.79. The van der Waals surface area contributed by atoms with E-state index in [-0.39, 0.29) is 17.5 Å². The first-order valence-electron chi connectivity index (χ1n) is 8.13. The highest BCUT2D eigenvalue weighted by atomic mass is 16.5. The van der Waals surface area contributed by atoms with Crippen molar-refractivity contribution in [3.8, 4) is 0 Å². The standard InChI is InChI=1S/C16H27N5O2/c1-4-5-6-16(7-9-23-10-8-16)11-17-15(22)19-13(2)14-20-18-12-21(14)3/h4,12-13H,1,5-11H2,2-3H3,(H2,17,19,22). The van der Waals surface area contributed by atoms with Crippen LogP contribution in [-0.2, 0) is 11.8 Å². The molecule has 1 aromatic heterocycles. The summed E-state index contributed by atoms with van der Waals surface area (Å²) < 4.78 is 7.27. The van der Waals surface area contributed by atoms with Crippen LogP contribution in [0.2, 0.25) is 0 Å². The Morgan fingerprint density at radius 3 is 2.91 bits per heavy atom. The van der Waals surface area contributed by atoms with Crippen molar-refractivity contribution in [2.75, 3.05) is 19.8 Å². The molecule has 2 heterocycles. The molecular formula is C16H27N5O2. The van der Waals surface area contributed by atoms with Gasteiger partial charge in [-0.15, -0.1) is 16.8 Å². The molecule has 23 heavy (non-hydrogen) atoms. The molecule has 0 bridgehead atoms. The zero-order valence-electron chi connectivity index (χ0n) is 14.0. The van der Waals surface area contributed by atoms with E-state index < -0.39 is 0 Å². The molecule has 1 unspecified atom stereocenters. The molecule has 1 atom stereocenters. The smallest absolute Gasteiger partial charge is 0.315 e. The number of carbonyl (C=O) groups excluding carboxylic acids is 1. The first-order valence-corrected chi connectivity index (χ1v) is 8.13. The van der Waals surface area contributed by atoms with Crippen molar-refractivity contribution in [2.45, 2.75) is 38.6 Å². The van der Waals surface area contributed by atoms with Crippen LogP contribution in [0.4, 0.5) is 4.79 Å². The number of urea groups is 1. The SMILES string of the molecule is C=CCCC1(CNC(=O)NC(C)c2nncn2C)CCOCC1. The van der Waals surface area contributed by atoms with E-state index in [4.69, 9.17) is 4.74 Å². The van der Waals surface area contributed by atoms with Crippen molar-refractivity contribution in [3.63, 3.8) is 0 Å². The van der Waals surface area contributed by atoms with Crippen molar-refractivity contribution in [3.05, 3.63) is 24.8 Å². The number of allylic oxidation sites excluding steroid dienone is 1. The third-order valence-electron chi connectivity index (χ3n) is 4.54. The summed E-state index contributed by atoms with van der Waals surface area (Å²) in [7, 11) is 1.86. The summed E-state index contributed by atoms with van der Waals surface area (Å²) >= 11 is 0. The van der Waals surface area contributed by atoms with Crippen molar-refractivity contribution < 1.29 is 9.53 Å². The molecule has 0 spiro atoms. The number of aryl methyl sites for hydroxylation is 1. The van der Waals surface area contributed by atoms with Gasteiger partial charge in [-0.05, 0) is 38.0 Å². The molecule has 2 amide bonds. The van der Waals surface area contributed by atoms with E-state index >= 15 is 0 Å². The third-order valence-corrected chi connectivity index (χ3v) is 4.54. The molecule has 7 nitrogen and oxygen atoms in total. The maximum absolute atomic E-state index is 12.2. The molecule has 1 fully saturated rings. The van der Waals surface area contributed by atoms with E-state index in [1.165, 1.54) is 0 Å². The molecular weight excluding hydrogens is 294 g/mol. The fourth-order valence-electron chi connectivity index (χ4n) is 2.99. The van der Waals surface area contributed by atoms with Crippen LogP contribution < -0.4 is 10.6 Å². The second-order valence-electron chi connectivity index (χ2n) is 6.29. The van der Waals surface area contributed by atoms with Gasteiger partial charge in [-0.1, -0.05) is 6.08 Å². The monoisotopic (exact) mass is 321 g/mol. The summed E-state index contributed by atoms with van der Waals surface area (Å²) in [5.74, 6) is 0.729. The number of rotatable bonds is 7. The minimum atomic E-state index is -0.193. The van der Waals surface area contributed by atoms with Crippen molar-refractivity contribution >= 4 is 6.03 Å². The van der Waals surface area contributed by atoms with Crippen LogP contribution >= 0.6 is 0 Å². The lowest BCUT2D eigenvalue weighted by Gasteiger charge is -2.37. The summed E-state index contributed by atoms with van der Waals surface area (Å²) in [6.45, 7) is 7.87. The van der Waals surface area contributed by atoms with Gasteiger partial charge in [-0.2, -0.15) is 0 Å². The van der Waals surface area contributed by atoms with Crippen molar-refractivity contribution in [1.29, 1.82) is 0 Å². The van der Waals surface area contributed by atoms with E-state index in [1.54, 1.807) is 10.9 Å². The Balaban J connectivity index is 1.86. The fourth-order valence-corrected chi connectivity index (χ4v) is 2.99. The van der Waals surface area contributed by atoms with Crippen LogP contribution in [0.1, 0.15) is 44.5 Å². The van der Waals surface area contributed by atoms with Gasteiger partial charge in [0.15, 0.2) is 5.82 Å². The molecule has 2 rings (SSSR count). The Kier molecular flexibility index (Phi) is 6.15. The van der Waals surface area contributed by atoms with Gasteiger partial charge >= 0.3 is 6.03 Å². The Morgan fingerprint density at radius 1 is 1.57 bits per heavy atom. The Morgan fingerprint density at radius 2 is 2.30 bits per heavy atom. The number of hydrogen-bond acceptors (Lipinski definition) is 4. The summed E-state index contributed by atoms with van der Waals surface area (Å²) in [6, 6.07) is -0.369. The summed E-state index contributed by atoms with van der Waals surface area (Å²) in [5, 5.41) is 13.8. The van der Waals surface area contributed by atoms with Crippen molar-refractivity contribution in [1.82, 2.24) is 25.4 Å². The Labute approximate surface area is 137 Å². The molecule has 1 aliphatic rings. The number of hydrogen-bond donors (Lipinski definition) is 2. The van der Waals surface area contributed by atoms with Gasteiger partial charge in [-0.3, -0.25) is 0 Å². The Bertz CT molecular complexity index is 522. The Hall–Kier alpha value is -1.89. The number of ether oxygens (including phenoxy) is 1. The maximum Gasteiger partial charge on any atom is 0.315 e. The highest BCUT2D eigenvalue weighted by Gasteiger charge is 2.32. The van der Waals surface area contributed by atoms with Gasteiger partial charge in [0, 0.05) is 26.8 Å². The normalized spacial score (nSPS) is 18.2. The average Bonchev–Trinajstić information content (AvgIpc) is 2.98. The van der Waals surface area contributed by atoms with Gasteiger partial charge in [-0.25, -0.2) is 4.79 Å². The number of carbonyl (C=O) groups is 1. The highest BCUT2D eigenvalue weighted by molar-refractivity contribution is 5.74. The first kappa shape index (κ1) is 17.5. The first-order chi connectivity index (χ1) is 11.1. The minimum Gasteiger partial charge on any atom is -0.381 e. The minimum absolute atomic E-state index is 0.109. The van der Waals surface area contributed by atoms with Crippen LogP contribution in [0.3, 0.4) is 0 Å². The van der Waals surface area contributed by atoms with E-state index in [1.807, 2.05) is 20.0 Å². The van der Waals surface area contributed by atoms with Crippen molar-refractivity contribution in [2.24, 2.45) is 12.5 Å². The molecule has 0 aromatic carbocycles. The van der Waals surface area contributed by atoms with E-state index in [2.05, 4.69) is 27.4 Å². The molecule has 2 N–H and O–H groups in total. The van der Waals surface area contributed by atoms with Gasteiger partial charge in [0.05, 0.1) is 6.04 Å². The van der Waals surface area contributed by atoms with Crippen LogP contribution in [0.5, 0.6) is 0 Å². The second-order valence-corrected chi connectivity index (χ2v) is 6.29. The molecule has 1 aromatic rings. The van der Waals surface area contributed by atoms with Crippen LogP contribution in [0, 0.1) is 5.41 Å². The number of nitrogens with zero attached hydrogens (tertiary/aromatic N) is 3. The molecule has 1 saturated heterocycles. The van der Waals surface area contributed by atoms with Crippen LogP contribution in [0.25, 0.3) is 0 Å². The molecule has 128 valence electrons. The lowest BCUT2D eigenvalue weighted by Crippen LogP contribution is -2.45. The highest BCUT2D eigenvalue weighted by Crippen LogP contribution is 2.34. The van der Waals surface area contributed by atoms with E-state index in [0.29, 0.717) is 6.54 Å². The molecule has 0 saturated carbocycles. The summed E-state index contributed by atoms with van der Waals surface area (Å²) in [4.78, 5) is 12.2. The zero-order chi connectivity index (χ0) is 16.7. The summed E-state index contributed by atoms with van der Waals surface area (Å²) in [6.07, 6.45) is 7.49. The van der Waals surface area contributed by atoms with Gasteiger partial charge in [0.2, 0.25) is 0 Å². The maximum atomic E-state index is 12.2. The number of nitrogens with one attached hydrogen (secondary N) is 2. The topological polar surface area (TPSA) is 81.1 Å². The lowest BCUT2D eigenvalue weighted by molar-refractivity contribution is 0.0121. The molecule has 0 radical (unpaired) electrons. The van der Waals surface area contributed by atoms with E-state index in [9.17, 15) is 4.79 Å². The van der Waals surface area contributed by atoms with Crippen LogP contribution in [-0.4, -0.2) is 40.6 Å². The largest absolute Gasteiger partial charge is 0.381 e. The number of aromatic nitrogens is 3. The van der Waals surface area contributed by atoms with Gasteiger partial charge in [0.1, 0.15) is 6.33 Å². The van der Waals surface area contributed by atoms with Crippen LogP contribution in [0.15, 0.2) is 19.0 Å². The molecule has 7 heteroatoms. The predicted molar refractivity (Wildman–Crippen MR) is 87.9 cm³/mol. The predicted octanol–water partition coefficient (Wildman–Crippen LogP) is 1.94. The van der Waals surface area contributed by atoms with Gasteiger partial charge < -0.3 is 19.9 Å².